The van der Waals surface area contributed by atoms with Crippen molar-refractivity contribution in [2.24, 2.45) is 13.0 Å². The number of H-pyrrole nitrogens is 1. The molecule has 5 aliphatic rings. The molecule has 4 fully saturated rings. The molecule has 58 heavy (non-hydrogen) atoms. The minimum atomic E-state index is -4.68. The van der Waals surface area contributed by atoms with Crippen LogP contribution in [-0.2, 0) is 28.2 Å². The normalized spacial score (nSPS) is 21.0. The number of carbonyl (C=O) groups excluding carboxylic acids is 3. The Labute approximate surface area is 330 Å². The summed E-state index contributed by atoms with van der Waals surface area (Å²) >= 11 is 0. The smallest absolute Gasteiger partial charge is 0.371 e. The summed E-state index contributed by atoms with van der Waals surface area (Å²) < 4.78 is 45.6. The van der Waals surface area contributed by atoms with Crippen LogP contribution in [0.1, 0.15) is 53.3 Å². The maximum atomic E-state index is 14.2. The molecule has 4 aliphatic heterocycles. The fraction of sp³-hybridized carbons (Fsp3) is 0.415. The quantitative estimate of drug-likeness (QED) is 0.209. The van der Waals surface area contributed by atoms with E-state index >= 15 is 0 Å². The van der Waals surface area contributed by atoms with Gasteiger partial charge in [0.15, 0.2) is 5.82 Å². The summed E-state index contributed by atoms with van der Waals surface area (Å²) in [6, 6.07) is 14.2. The Morgan fingerprint density at radius 2 is 1.64 bits per heavy atom. The number of benzene rings is 2. The number of amides is 3. The van der Waals surface area contributed by atoms with E-state index in [4.69, 9.17) is 0 Å². The summed E-state index contributed by atoms with van der Waals surface area (Å²) in [5.41, 5.74) is 3.49. The molecule has 1 spiro atoms. The van der Waals surface area contributed by atoms with Crippen molar-refractivity contribution in [3.8, 4) is 22.8 Å². The Bertz CT molecular complexity index is 2560. The van der Waals surface area contributed by atoms with E-state index in [2.05, 4.69) is 40.3 Å². The third kappa shape index (κ3) is 6.13. The lowest BCUT2D eigenvalue weighted by atomic mass is 9.95. The van der Waals surface area contributed by atoms with E-state index in [1.54, 1.807) is 11.6 Å². The van der Waals surface area contributed by atoms with Crippen LogP contribution >= 0.6 is 0 Å². The number of rotatable bonds is 7. The van der Waals surface area contributed by atoms with E-state index in [-0.39, 0.29) is 46.6 Å². The summed E-state index contributed by atoms with van der Waals surface area (Å²) in [5, 5.41) is 5.22. The molecule has 0 radical (unpaired) electrons. The van der Waals surface area contributed by atoms with Crippen molar-refractivity contribution in [3.63, 3.8) is 0 Å². The van der Waals surface area contributed by atoms with Crippen molar-refractivity contribution < 1.29 is 27.6 Å². The van der Waals surface area contributed by atoms with Gasteiger partial charge in [0.2, 0.25) is 11.8 Å². The second-order valence-corrected chi connectivity index (χ2v) is 16.3. The number of aryl methyl sites for hydroxylation is 1. The molecule has 3 amide bonds. The van der Waals surface area contributed by atoms with Crippen molar-refractivity contribution in [1.29, 1.82) is 0 Å². The SMILES string of the molecule is Cn1c(=O)n(C2CCC(=O)NC2=O)c2ccc(N3CC(CN4CCN(c5ccc(-c6ncc(C(F)(F)F)c(-c7cc8c([nH]7)C7(CC7)CNC8=O)n6)cc5)CC4)C3)cc21. The first-order valence-electron chi connectivity index (χ1n) is 19.7. The second kappa shape index (κ2) is 13.3. The number of nitrogens with one attached hydrogen (secondary N) is 3. The summed E-state index contributed by atoms with van der Waals surface area (Å²) in [6.07, 6.45) is -1.65. The van der Waals surface area contributed by atoms with Gasteiger partial charge >= 0.3 is 11.9 Å². The van der Waals surface area contributed by atoms with Gasteiger partial charge in [0.05, 0.1) is 22.3 Å². The molecule has 3 saturated heterocycles. The highest BCUT2D eigenvalue weighted by Gasteiger charge is 2.51. The summed E-state index contributed by atoms with van der Waals surface area (Å²) in [7, 11) is 1.70. The van der Waals surface area contributed by atoms with Crippen LogP contribution in [0.5, 0.6) is 0 Å². The molecular weight excluding hydrogens is 754 g/mol. The molecule has 2 aromatic carbocycles. The number of nitrogens with zero attached hydrogens (tertiary/aromatic N) is 7. The molecule has 7 heterocycles. The fourth-order valence-corrected chi connectivity index (χ4v) is 9.17. The number of hydrogen-bond acceptors (Lipinski definition) is 9. The van der Waals surface area contributed by atoms with Gasteiger partial charge in [0.1, 0.15) is 17.3 Å². The van der Waals surface area contributed by atoms with Gasteiger partial charge in [-0.15, -0.1) is 0 Å². The molecule has 10 rings (SSSR count). The number of fused-ring (bicyclic) bond motifs is 3. The minimum Gasteiger partial charge on any atom is -0.371 e. The highest BCUT2D eigenvalue weighted by molar-refractivity contribution is 6.00. The third-order valence-electron chi connectivity index (χ3n) is 12.7. The fourth-order valence-electron chi connectivity index (χ4n) is 9.17. The Morgan fingerprint density at radius 3 is 2.34 bits per heavy atom. The Kier molecular flexibility index (Phi) is 8.34. The van der Waals surface area contributed by atoms with Gasteiger partial charge in [-0.05, 0) is 67.8 Å². The zero-order valence-corrected chi connectivity index (χ0v) is 31.7. The standard InChI is InChI=1S/C41H41F3N10O4/c1-50-32-16-26(6-7-30(32)54(39(50)58)31-8-9-33(55)48-38(31)57)53-20-23(21-53)19-51-12-14-52(15-13-51)25-4-2-24(3-5-25)36-45-18-28(41(42,43)44)34(49-36)29-17-27-35(47-29)40(10-11-40)22-46-37(27)56/h2-7,16-18,23,31,47H,8-15,19-22H2,1H3,(H,46,56)(H,48,55,57). The number of piperidine rings is 1. The van der Waals surface area contributed by atoms with Crippen molar-refractivity contribution in [1.82, 2.24) is 39.6 Å². The second-order valence-electron chi connectivity index (χ2n) is 16.3. The van der Waals surface area contributed by atoms with Crippen LogP contribution in [0.4, 0.5) is 24.5 Å². The number of aromatic nitrogens is 5. The third-order valence-corrected chi connectivity index (χ3v) is 12.7. The van der Waals surface area contributed by atoms with Gasteiger partial charge in [-0.1, -0.05) is 0 Å². The molecule has 3 N–H and O–H groups in total. The van der Waals surface area contributed by atoms with Crippen LogP contribution in [0.2, 0.25) is 0 Å². The van der Waals surface area contributed by atoms with Gasteiger partial charge in [-0.3, -0.25) is 33.7 Å². The highest BCUT2D eigenvalue weighted by atomic mass is 19.4. The topological polar surface area (TPSA) is 153 Å². The van der Waals surface area contributed by atoms with Gasteiger partial charge in [0.25, 0.3) is 5.91 Å². The number of hydrogen-bond donors (Lipinski definition) is 3. The van der Waals surface area contributed by atoms with E-state index in [1.165, 1.54) is 10.6 Å². The molecule has 14 nitrogen and oxygen atoms in total. The summed E-state index contributed by atoms with van der Waals surface area (Å²) in [6.45, 7) is 6.68. The summed E-state index contributed by atoms with van der Waals surface area (Å²) in [5.74, 6) is -0.401. The molecule has 1 saturated carbocycles. The van der Waals surface area contributed by atoms with Gasteiger partial charge in [-0.25, -0.2) is 14.8 Å². The van der Waals surface area contributed by atoms with Crippen LogP contribution < -0.4 is 26.1 Å². The number of aromatic amines is 1. The number of alkyl halides is 3. The molecule has 300 valence electrons. The number of halogens is 3. The molecular formula is C41H41F3N10O4. The zero-order chi connectivity index (χ0) is 40.1. The Hall–Kier alpha value is -5.97. The van der Waals surface area contributed by atoms with E-state index in [0.717, 1.165) is 81.7 Å². The van der Waals surface area contributed by atoms with Crippen LogP contribution in [0.3, 0.4) is 0 Å². The number of anilines is 2. The van der Waals surface area contributed by atoms with E-state index in [0.29, 0.717) is 41.2 Å². The minimum absolute atomic E-state index is 0.155. The monoisotopic (exact) mass is 794 g/mol. The molecule has 3 aromatic heterocycles. The van der Waals surface area contributed by atoms with Gasteiger partial charge < -0.3 is 20.1 Å². The van der Waals surface area contributed by atoms with Crippen LogP contribution in [0.25, 0.3) is 33.8 Å². The van der Waals surface area contributed by atoms with Gasteiger partial charge in [0, 0.05) is 106 Å². The lowest BCUT2D eigenvalue weighted by molar-refractivity contribution is -0.138. The van der Waals surface area contributed by atoms with Gasteiger partial charge in [-0.2, -0.15) is 13.2 Å². The van der Waals surface area contributed by atoms with E-state index < -0.39 is 23.7 Å². The largest absolute Gasteiger partial charge is 0.420 e. The zero-order valence-electron chi connectivity index (χ0n) is 31.7. The van der Waals surface area contributed by atoms with Crippen LogP contribution in [0.15, 0.2) is 59.5 Å². The van der Waals surface area contributed by atoms with Crippen LogP contribution in [-0.4, -0.2) is 99.1 Å². The first-order valence-corrected chi connectivity index (χ1v) is 19.7. The Balaban J connectivity index is 0.766. The average molecular weight is 795 g/mol. The lowest BCUT2D eigenvalue weighted by Gasteiger charge is -2.45. The highest BCUT2D eigenvalue weighted by Crippen LogP contribution is 2.51. The predicted octanol–water partition coefficient (Wildman–Crippen LogP) is 3.82. The number of imide groups is 1. The molecule has 17 heteroatoms. The first-order chi connectivity index (χ1) is 27.8. The number of carbonyl (C=O) groups is 3. The molecule has 1 unspecified atom stereocenters. The average Bonchev–Trinajstić information content (AvgIpc) is 3.75. The van der Waals surface area contributed by atoms with Crippen LogP contribution in [0, 0.1) is 5.92 Å². The van der Waals surface area contributed by atoms with E-state index in [1.807, 2.05) is 42.5 Å². The Morgan fingerprint density at radius 1 is 0.897 bits per heavy atom. The molecule has 0 bridgehead atoms. The number of piperazine rings is 1. The maximum Gasteiger partial charge on any atom is 0.420 e. The first kappa shape index (κ1) is 36.4. The molecule has 1 atom stereocenters. The van der Waals surface area contributed by atoms with Crippen molar-refractivity contribution in [3.05, 3.63) is 82.0 Å². The maximum absolute atomic E-state index is 14.2. The predicted molar refractivity (Wildman–Crippen MR) is 208 cm³/mol. The van der Waals surface area contributed by atoms with Crippen molar-refractivity contribution >= 4 is 40.1 Å². The van der Waals surface area contributed by atoms with E-state index in [9.17, 15) is 32.3 Å². The molecule has 5 aromatic rings. The van der Waals surface area contributed by atoms with Crippen molar-refractivity contribution in [2.45, 2.75) is 43.3 Å². The summed E-state index contributed by atoms with van der Waals surface area (Å²) in [4.78, 5) is 68.8. The van der Waals surface area contributed by atoms with Crippen molar-refractivity contribution in [2.75, 3.05) is 62.2 Å². The molecule has 1 aliphatic carbocycles. The lowest BCUT2D eigenvalue weighted by Crippen LogP contribution is -2.55. The number of imidazole rings is 1.